The van der Waals surface area contributed by atoms with Gasteiger partial charge in [0, 0.05) is 12.1 Å². The van der Waals surface area contributed by atoms with E-state index in [0.717, 1.165) is 0 Å². The fourth-order valence-electron chi connectivity index (χ4n) is 1.28. The number of likely N-dealkylation sites (N-methyl/N-ethyl adjacent to an activating group) is 1. The Labute approximate surface area is 92.3 Å². The highest BCUT2D eigenvalue weighted by Crippen LogP contribution is 1.99. The van der Waals surface area contributed by atoms with Crippen molar-refractivity contribution in [1.82, 2.24) is 10.2 Å². The Balaban J connectivity index is 3.93. The molecule has 0 radical (unpaired) electrons. The van der Waals surface area contributed by atoms with Gasteiger partial charge in [0.15, 0.2) is 0 Å². The van der Waals surface area contributed by atoms with Gasteiger partial charge in [-0.15, -0.1) is 0 Å². The minimum absolute atomic E-state index is 0.00450. The fourth-order valence-corrected chi connectivity index (χ4v) is 1.28. The zero-order chi connectivity index (χ0) is 12.1. The van der Waals surface area contributed by atoms with E-state index >= 15 is 0 Å². The third kappa shape index (κ3) is 7.95. The monoisotopic (exact) mass is 211 g/mol. The van der Waals surface area contributed by atoms with E-state index in [9.17, 15) is 4.79 Å². The molecular formula is C11H21N3O. The average Bonchev–Trinajstić information content (AvgIpc) is 1.99. The molecule has 0 aliphatic rings. The van der Waals surface area contributed by atoms with Crippen molar-refractivity contribution >= 4 is 5.91 Å². The molecule has 1 amide bonds. The maximum atomic E-state index is 11.5. The van der Waals surface area contributed by atoms with Crippen LogP contribution >= 0.6 is 0 Å². The van der Waals surface area contributed by atoms with Crippen LogP contribution in [0.15, 0.2) is 0 Å². The molecule has 0 aliphatic carbocycles. The van der Waals surface area contributed by atoms with Gasteiger partial charge in [-0.2, -0.15) is 5.26 Å². The van der Waals surface area contributed by atoms with Gasteiger partial charge in [-0.1, -0.05) is 0 Å². The zero-order valence-corrected chi connectivity index (χ0v) is 10.3. The van der Waals surface area contributed by atoms with Crippen LogP contribution in [-0.4, -0.2) is 36.5 Å². The lowest BCUT2D eigenvalue weighted by molar-refractivity contribution is -0.123. The first-order chi connectivity index (χ1) is 6.74. The number of nitrogens with one attached hydrogen (secondary N) is 1. The number of hydrogen-bond acceptors (Lipinski definition) is 3. The Morgan fingerprint density at radius 3 is 2.47 bits per heavy atom. The highest BCUT2D eigenvalue weighted by molar-refractivity contribution is 5.78. The summed E-state index contributed by atoms with van der Waals surface area (Å²) in [6.45, 7) is 8.64. The van der Waals surface area contributed by atoms with Crippen molar-refractivity contribution in [3.05, 3.63) is 0 Å². The topological polar surface area (TPSA) is 56.1 Å². The summed E-state index contributed by atoms with van der Waals surface area (Å²) in [6, 6.07) is 2.14. The van der Waals surface area contributed by atoms with Crippen LogP contribution in [0.25, 0.3) is 0 Å². The largest absolute Gasteiger partial charge is 0.350 e. The lowest BCUT2D eigenvalue weighted by Crippen LogP contribution is -2.45. The molecule has 0 aromatic carbocycles. The number of carbonyl (C=O) groups is 1. The van der Waals surface area contributed by atoms with E-state index in [-0.39, 0.29) is 17.4 Å². The SMILES string of the molecule is CC(C#N)CN(C)CC(=O)NC(C)(C)C. The minimum atomic E-state index is -0.196. The maximum Gasteiger partial charge on any atom is 0.234 e. The van der Waals surface area contributed by atoms with Crippen molar-refractivity contribution in [3.8, 4) is 6.07 Å². The zero-order valence-electron chi connectivity index (χ0n) is 10.3. The maximum absolute atomic E-state index is 11.5. The van der Waals surface area contributed by atoms with Gasteiger partial charge in [0.2, 0.25) is 5.91 Å². The van der Waals surface area contributed by atoms with Gasteiger partial charge in [0.25, 0.3) is 0 Å². The molecule has 1 unspecified atom stereocenters. The molecule has 0 saturated heterocycles. The van der Waals surface area contributed by atoms with Crippen LogP contribution in [0.1, 0.15) is 27.7 Å². The summed E-state index contributed by atoms with van der Waals surface area (Å²) in [5, 5.41) is 11.5. The van der Waals surface area contributed by atoms with E-state index in [1.807, 2.05) is 39.6 Å². The molecule has 0 rings (SSSR count). The number of hydrogen-bond donors (Lipinski definition) is 1. The van der Waals surface area contributed by atoms with Crippen molar-refractivity contribution in [1.29, 1.82) is 5.26 Å². The van der Waals surface area contributed by atoms with Gasteiger partial charge in [-0.25, -0.2) is 0 Å². The molecule has 0 fully saturated rings. The summed E-state index contributed by atoms with van der Waals surface area (Å²) in [4.78, 5) is 13.4. The first-order valence-corrected chi connectivity index (χ1v) is 5.14. The number of rotatable bonds is 4. The van der Waals surface area contributed by atoms with Crippen LogP contribution in [0, 0.1) is 17.2 Å². The predicted molar refractivity (Wildman–Crippen MR) is 60.2 cm³/mol. The molecule has 0 aliphatic heterocycles. The summed E-state index contributed by atoms with van der Waals surface area (Å²) in [6.07, 6.45) is 0. The van der Waals surface area contributed by atoms with Crippen molar-refractivity contribution in [3.63, 3.8) is 0 Å². The Kier molecular flexibility index (Phi) is 5.31. The lowest BCUT2D eigenvalue weighted by atomic mass is 10.1. The van der Waals surface area contributed by atoms with Crippen LogP contribution in [-0.2, 0) is 4.79 Å². The summed E-state index contributed by atoms with van der Waals surface area (Å²) in [5.41, 5.74) is -0.196. The van der Waals surface area contributed by atoms with E-state index in [1.54, 1.807) is 0 Å². The lowest BCUT2D eigenvalue weighted by Gasteiger charge is -2.23. The second-order valence-electron chi connectivity index (χ2n) is 5.03. The summed E-state index contributed by atoms with van der Waals surface area (Å²) in [5.74, 6) is -0.0485. The molecule has 4 heteroatoms. The van der Waals surface area contributed by atoms with Gasteiger partial charge in [-0.3, -0.25) is 9.69 Å². The number of carbonyl (C=O) groups excluding carboxylic acids is 1. The van der Waals surface area contributed by atoms with E-state index in [4.69, 9.17) is 5.26 Å². The molecule has 0 saturated carbocycles. The average molecular weight is 211 g/mol. The third-order valence-corrected chi connectivity index (χ3v) is 1.73. The second-order valence-corrected chi connectivity index (χ2v) is 5.03. The number of nitrogens with zero attached hydrogens (tertiary/aromatic N) is 2. The molecule has 0 aromatic heterocycles. The minimum Gasteiger partial charge on any atom is -0.350 e. The molecule has 1 N–H and O–H groups in total. The fraction of sp³-hybridized carbons (Fsp3) is 0.818. The van der Waals surface area contributed by atoms with E-state index in [2.05, 4.69) is 11.4 Å². The highest BCUT2D eigenvalue weighted by atomic mass is 16.2. The molecule has 0 bridgehead atoms. The Hall–Kier alpha value is -1.08. The van der Waals surface area contributed by atoms with Crippen molar-refractivity contribution in [2.45, 2.75) is 33.2 Å². The van der Waals surface area contributed by atoms with Crippen molar-refractivity contribution in [2.24, 2.45) is 5.92 Å². The normalized spacial score (nSPS) is 13.4. The molecule has 86 valence electrons. The molecule has 0 heterocycles. The third-order valence-electron chi connectivity index (χ3n) is 1.73. The quantitative estimate of drug-likeness (QED) is 0.754. The van der Waals surface area contributed by atoms with Gasteiger partial charge in [0.1, 0.15) is 0 Å². The molecule has 0 spiro atoms. The van der Waals surface area contributed by atoms with Crippen molar-refractivity contribution < 1.29 is 4.79 Å². The Morgan fingerprint density at radius 1 is 1.53 bits per heavy atom. The predicted octanol–water partition coefficient (Wildman–Crippen LogP) is 0.993. The smallest absolute Gasteiger partial charge is 0.234 e. The summed E-state index contributed by atoms with van der Waals surface area (Å²) >= 11 is 0. The van der Waals surface area contributed by atoms with E-state index in [1.165, 1.54) is 0 Å². The standard InChI is InChI=1S/C11H21N3O/c1-9(6-12)7-14(5)8-10(15)13-11(2,3)4/h9H,7-8H2,1-5H3,(H,13,15). The summed E-state index contributed by atoms with van der Waals surface area (Å²) in [7, 11) is 1.84. The second kappa shape index (κ2) is 5.72. The van der Waals surface area contributed by atoms with Gasteiger partial charge >= 0.3 is 0 Å². The highest BCUT2D eigenvalue weighted by Gasteiger charge is 2.15. The van der Waals surface area contributed by atoms with Crippen LogP contribution in [0.3, 0.4) is 0 Å². The Morgan fingerprint density at radius 2 is 2.07 bits per heavy atom. The first kappa shape index (κ1) is 13.9. The molecule has 1 atom stereocenters. The van der Waals surface area contributed by atoms with Crippen LogP contribution < -0.4 is 5.32 Å². The Bertz CT molecular complexity index is 250. The first-order valence-electron chi connectivity index (χ1n) is 5.14. The number of amides is 1. The van der Waals surface area contributed by atoms with Crippen LogP contribution in [0.5, 0.6) is 0 Å². The van der Waals surface area contributed by atoms with Crippen molar-refractivity contribution in [2.75, 3.05) is 20.1 Å². The molecule has 15 heavy (non-hydrogen) atoms. The molecule has 0 aromatic rings. The van der Waals surface area contributed by atoms with E-state index < -0.39 is 0 Å². The summed E-state index contributed by atoms with van der Waals surface area (Å²) < 4.78 is 0. The van der Waals surface area contributed by atoms with E-state index in [0.29, 0.717) is 13.1 Å². The molecule has 4 nitrogen and oxygen atoms in total. The van der Waals surface area contributed by atoms with Gasteiger partial charge in [-0.05, 0) is 34.7 Å². The van der Waals surface area contributed by atoms with Gasteiger partial charge < -0.3 is 5.32 Å². The number of nitriles is 1. The van der Waals surface area contributed by atoms with Gasteiger partial charge in [0.05, 0.1) is 18.5 Å². The van der Waals surface area contributed by atoms with Crippen LogP contribution in [0.4, 0.5) is 0 Å². The molecular weight excluding hydrogens is 190 g/mol. The van der Waals surface area contributed by atoms with Crippen LogP contribution in [0.2, 0.25) is 0 Å².